The maximum atomic E-state index is 5.39. The maximum Gasteiger partial charge on any atom is 0.122 e. The summed E-state index contributed by atoms with van der Waals surface area (Å²) in [6.07, 6.45) is 6.17. The van der Waals surface area contributed by atoms with Crippen molar-refractivity contribution in [1.29, 1.82) is 0 Å². The molecule has 1 aromatic rings. The van der Waals surface area contributed by atoms with Crippen LogP contribution in [0.15, 0.2) is 12.4 Å². The second-order valence-corrected chi connectivity index (χ2v) is 3.75. The second-order valence-electron chi connectivity index (χ2n) is 3.75. The Kier molecular flexibility index (Phi) is 3.16. The molecule has 4 nitrogen and oxygen atoms in total. The van der Waals surface area contributed by atoms with Crippen molar-refractivity contribution in [2.24, 2.45) is 7.05 Å². The Morgan fingerprint density at radius 3 is 3.29 bits per heavy atom. The molecule has 1 saturated heterocycles. The Hall–Kier alpha value is -0.870. The molecule has 78 valence electrons. The summed E-state index contributed by atoms with van der Waals surface area (Å²) in [5.74, 6) is 1.08. The molecule has 0 saturated carbocycles. The zero-order valence-corrected chi connectivity index (χ0v) is 8.57. The third-order valence-electron chi connectivity index (χ3n) is 2.63. The van der Waals surface area contributed by atoms with Crippen LogP contribution in [0.2, 0.25) is 0 Å². The number of hydrogen-bond donors (Lipinski definition) is 1. The molecule has 4 heteroatoms. The summed E-state index contributed by atoms with van der Waals surface area (Å²) in [7, 11) is 2.02. The molecule has 2 heterocycles. The fraction of sp³-hybridized carbons (Fsp3) is 0.700. The predicted octanol–water partition coefficient (Wildman–Crippen LogP) is 0.689. The highest BCUT2D eigenvalue weighted by Gasteiger charge is 2.13. The lowest BCUT2D eigenvalue weighted by Gasteiger charge is -2.22. The van der Waals surface area contributed by atoms with Gasteiger partial charge in [0.05, 0.1) is 13.2 Å². The molecule has 0 unspecified atom stereocenters. The van der Waals surface area contributed by atoms with Gasteiger partial charge in [0.1, 0.15) is 5.82 Å². The van der Waals surface area contributed by atoms with E-state index in [9.17, 15) is 0 Å². The van der Waals surface area contributed by atoms with Crippen molar-refractivity contribution < 1.29 is 4.74 Å². The third-order valence-corrected chi connectivity index (χ3v) is 2.63. The summed E-state index contributed by atoms with van der Waals surface area (Å²) in [5, 5.41) is 3.46. The van der Waals surface area contributed by atoms with E-state index in [1.807, 2.05) is 24.0 Å². The second kappa shape index (κ2) is 4.57. The molecule has 0 spiro atoms. The van der Waals surface area contributed by atoms with Crippen LogP contribution in [0.25, 0.3) is 0 Å². The molecule has 1 atom stereocenters. The highest BCUT2D eigenvalue weighted by Crippen LogP contribution is 2.06. The minimum Gasteiger partial charge on any atom is -0.380 e. The van der Waals surface area contributed by atoms with Crippen molar-refractivity contribution in [3.63, 3.8) is 0 Å². The molecular weight excluding hydrogens is 178 g/mol. The smallest absolute Gasteiger partial charge is 0.122 e. The number of nitrogens with one attached hydrogen (secondary N) is 1. The van der Waals surface area contributed by atoms with E-state index in [2.05, 4.69) is 10.3 Å². The summed E-state index contributed by atoms with van der Waals surface area (Å²) in [5.41, 5.74) is 0. The first-order valence-corrected chi connectivity index (χ1v) is 5.13. The van der Waals surface area contributed by atoms with E-state index in [-0.39, 0.29) is 0 Å². The average molecular weight is 195 g/mol. The number of hydrogen-bond acceptors (Lipinski definition) is 3. The van der Waals surface area contributed by atoms with Crippen LogP contribution in [0.1, 0.15) is 18.7 Å². The Morgan fingerprint density at radius 2 is 2.64 bits per heavy atom. The van der Waals surface area contributed by atoms with Gasteiger partial charge in [-0.1, -0.05) is 0 Å². The molecule has 1 aliphatic rings. The maximum absolute atomic E-state index is 5.39. The van der Waals surface area contributed by atoms with Crippen LogP contribution in [0.5, 0.6) is 0 Å². The predicted molar refractivity (Wildman–Crippen MR) is 53.9 cm³/mol. The van der Waals surface area contributed by atoms with E-state index in [0.29, 0.717) is 6.04 Å². The number of aromatic nitrogens is 2. The zero-order valence-electron chi connectivity index (χ0n) is 8.57. The lowest BCUT2D eigenvalue weighted by atomic mass is 10.1. The zero-order chi connectivity index (χ0) is 9.80. The first kappa shape index (κ1) is 9.68. The Balaban J connectivity index is 1.79. The van der Waals surface area contributed by atoms with Gasteiger partial charge in [0.15, 0.2) is 0 Å². The van der Waals surface area contributed by atoms with Crippen LogP contribution in [0.3, 0.4) is 0 Å². The largest absolute Gasteiger partial charge is 0.380 e. The summed E-state index contributed by atoms with van der Waals surface area (Å²) in [6.45, 7) is 2.59. The molecule has 1 aliphatic heterocycles. The van der Waals surface area contributed by atoms with Gasteiger partial charge in [-0.3, -0.25) is 0 Å². The number of imidazole rings is 1. The van der Waals surface area contributed by atoms with Gasteiger partial charge < -0.3 is 14.6 Å². The molecule has 1 N–H and O–H groups in total. The lowest BCUT2D eigenvalue weighted by Crippen LogP contribution is -2.36. The molecule has 0 radical (unpaired) electrons. The molecule has 1 fully saturated rings. The van der Waals surface area contributed by atoms with Gasteiger partial charge >= 0.3 is 0 Å². The minimum atomic E-state index is 0.500. The molecule has 14 heavy (non-hydrogen) atoms. The van der Waals surface area contributed by atoms with Gasteiger partial charge in [-0.15, -0.1) is 0 Å². The molecule has 0 aliphatic carbocycles. The highest BCUT2D eigenvalue weighted by molar-refractivity contribution is 4.91. The van der Waals surface area contributed by atoms with E-state index in [1.165, 1.54) is 6.42 Å². The van der Waals surface area contributed by atoms with Gasteiger partial charge in [-0.05, 0) is 12.8 Å². The monoisotopic (exact) mass is 195 g/mol. The van der Waals surface area contributed by atoms with Gasteiger partial charge in [-0.25, -0.2) is 4.98 Å². The normalized spacial score (nSPS) is 22.5. The first-order valence-electron chi connectivity index (χ1n) is 5.13. The van der Waals surface area contributed by atoms with E-state index >= 15 is 0 Å². The molecular formula is C10H17N3O. The highest BCUT2D eigenvalue weighted by atomic mass is 16.5. The van der Waals surface area contributed by atoms with Crippen LogP contribution in [0.4, 0.5) is 0 Å². The molecule has 2 rings (SSSR count). The third kappa shape index (κ3) is 2.33. The minimum absolute atomic E-state index is 0.500. The van der Waals surface area contributed by atoms with Crippen molar-refractivity contribution in [2.75, 3.05) is 13.2 Å². The van der Waals surface area contributed by atoms with Gasteiger partial charge in [0, 0.05) is 32.1 Å². The first-order chi connectivity index (χ1) is 6.86. The Labute approximate surface area is 84.3 Å². The Morgan fingerprint density at radius 1 is 1.71 bits per heavy atom. The van der Waals surface area contributed by atoms with Gasteiger partial charge in [0.2, 0.25) is 0 Å². The van der Waals surface area contributed by atoms with Crippen LogP contribution >= 0.6 is 0 Å². The number of aryl methyl sites for hydroxylation is 1. The average Bonchev–Trinajstić information content (AvgIpc) is 2.63. The van der Waals surface area contributed by atoms with Crippen molar-refractivity contribution >= 4 is 0 Å². The number of rotatable bonds is 3. The van der Waals surface area contributed by atoms with Gasteiger partial charge in [0.25, 0.3) is 0 Å². The Bertz CT molecular complexity index is 279. The van der Waals surface area contributed by atoms with Crippen molar-refractivity contribution in [2.45, 2.75) is 25.4 Å². The summed E-state index contributed by atoms with van der Waals surface area (Å²) < 4.78 is 7.43. The SMILES string of the molecule is Cn1ccnc1CN[C@H]1CCCOC1. The molecule has 0 aromatic carbocycles. The van der Waals surface area contributed by atoms with Gasteiger partial charge in [-0.2, -0.15) is 0 Å². The molecule has 1 aromatic heterocycles. The lowest BCUT2D eigenvalue weighted by molar-refractivity contribution is 0.0696. The fourth-order valence-electron chi connectivity index (χ4n) is 1.70. The number of nitrogens with zero attached hydrogens (tertiary/aromatic N) is 2. The summed E-state index contributed by atoms with van der Waals surface area (Å²) in [4.78, 5) is 4.26. The van der Waals surface area contributed by atoms with Crippen LogP contribution in [-0.4, -0.2) is 28.8 Å². The number of ether oxygens (including phenoxy) is 1. The van der Waals surface area contributed by atoms with E-state index in [4.69, 9.17) is 4.74 Å². The van der Waals surface area contributed by atoms with Crippen LogP contribution < -0.4 is 5.32 Å². The summed E-state index contributed by atoms with van der Waals surface area (Å²) in [6, 6.07) is 0.500. The van der Waals surface area contributed by atoms with Crippen molar-refractivity contribution in [3.05, 3.63) is 18.2 Å². The summed E-state index contributed by atoms with van der Waals surface area (Å²) >= 11 is 0. The van der Waals surface area contributed by atoms with E-state index in [1.54, 1.807) is 0 Å². The molecule has 0 amide bonds. The van der Waals surface area contributed by atoms with Crippen molar-refractivity contribution in [3.8, 4) is 0 Å². The van der Waals surface area contributed by atoms with Crippen molar-refractivity contribution in [1.82, 2.24) is 14.9 Å². The van der Waals surface area contributed by atoms with E-state index in [0.717, 1.165) is 32.0 Å². The fourth-order valence-corrected chi connectivity index (χ4v) is 1.70. The van der Waals surface area contributed by atoms with Crippen LogP contribution in [-0.2, 0) is 18.3 Å². The molecule has 0 bridgehead atoms. The van der Waals surface area contributed by atoms with Crippen LogP contribution in [0, 0.1) is 0 Å². The van der Waals surface area contributed by atoms with E-state index < -0.39 is 0 Å². The topological polar surface area (TPSA) is 39.1 Å². The quantitative estimate of drug-likeness (QED) is 0.771. The standard InChI is InChI=1S/C10H17N3O/c1-13-5-4-11-10(13)7-12-9-3-2-6-14-8-9/h4-5,9,12H,2-3,6-8H2,1H3/t9-/m0/s1.